The van der Waals surface area contributed by atoms with Crippen LogP contribution in [0.4, 0.5) is 0 Å². The Labute approximate surface area is 117 Å². The van der Waals surface area contributed by atoms with Gasteiger partial charge in [0.1, 0.15) is 0 Å². The summed E-state index contributed by atoms with van der Waals surface area (Å²) in [7, 11) is 0. The van der Waals surface area contributed by atoms with Gasteiger partial charge in [-0.1, -0.05) is 24.3 Å². The van der Waals surface area contributed by atoms with Crippen LogP contribution in [-0.2, 0) is 20.7 Å². The zero-order valence-electron chi connectivity index (χ0n) is 11.5. The van der Waals surface area contributed by atoms with Crippen molar-refractivity contribution >= 4 is 11.9 Å². The molecule has 108 valence electrons. The van der Waals surface area contributed by atoms with Crippen molar-refractivity contribution < 1.29 is 19.4 Å². The molecule has 1 aromatic carbocycles. The molecule has 2 atom stereocenters. The number of hydrogen-bond donors (Lipinski definition) is 2. The van der Waals surface area contributed by atoms with E-state index in [0.29, 0.717) is 0 Å². The maximum atomic E-state index is 11.1. The predicted molar refractivity (Wildman–Crippen MR) is 73.3 cm³/mol. The number of rotatable bonds is 5. The van der Waals surface area contributed by atoms with E-state index in [1.807, 2.05) is 18.2 Å². The first-order valence-electron chi connectivity index (χ1n) is 6.77. The molecule has 1 aliphatic rings. The summed E-state index contributed by atoms with van der Waals surface area (Å²) < 4.78 is 5.74. The second-order valence-corrected chi connectivity index (χ2v) is 5.00. The lowest BCUT2D eigenvalue weighted by Crippen LogP contribution is -2.43. The molecule has 0 radical (unpaired) electrons. The summed E-state index contributed by atoms with van der Waals surface area (Å²) in [5.41, 5.74) is 2.39. The van der Waals surface area contributed by atoms with E-state index in [-0.39, 0.29) is 18.6 Å². The molecule has 1 aliphatic carbocycles. The lowest BCUT2D eigenvalue weighted by molar-refractivity contribution is -0.144. The Morgan fingerprint density at radius 2 is 2.20 bits per heavy atom. The van der Waals surface area contributed by atoms with Crippen molar-refractivity contribution in [2.24, 2.45) is 0 Å². The molecule has 5 heteroatoms. The lowest BCUT2D eigenvalue weighted by Gasteiger charge is -2.26. The topological polar surface area (TPSA) is 75.6 Å². The summed E-state index contributed by atoms with van der Waals surface area (Å²) in [6, 6.07) is 7.06. The van der Waals surface area contributed by atoms with Crippen LogP contribution < -0.4 is 5.32 Å². The minimum atomic E-state index is -1.08. The lowest BCUT2D eigenvalue weighted by atomic mass is 9.89. The SMILES string of the molecule is CC(=O)NC(COC1CCCc2ccccc21)C(=O)O. The van der Waals surface area contributed by atoms with Crippen LogP contribution in [0.5, 0.6) is 0 Å². The van der Waals surface area contributed by atoms with Crippen LogP contribution >= 0.6 is 0 Å². The van der Waals surface area contributed by atoms with E-state index < -0.39 is 12.0 Å². The highest BCUT2D eigenvalue weighted by Crippen LogP contribution is 2.32. The summed E-state index contributed by atoms with van der Waals surface area (Å²) in [6.45, 7) is 1.28. The number of benzene rings is 1. The van der Waals surface area contributed by atoms with Gasteiger partial charge in [-0.05, 0) is 30.4 Å². The average molecular weight is 277 g/mol. The number of amides is 1. The van der Waals surface area contributed by atoms with E-state index in [2.05, 4.69) is 11.4 Å². The molecule has 2 N–H and O–H groups in total. The molecule has 0 bridgehead atoms. The number of aliphatic carboxylic acids is 1. The quantitative estimate of drug-likeness (QED) is 0.858. The van der Waals surface area contributed by atoms with Crippen LogP contribution in [0.3, 0.4) is 0 Å². The van der Waals surface area contributed by atoms with Crippen LogP contribution in [0.1, 0.15) is 37.0 Å². The van der Waals surface area contributed by atoms with E-state index >= 15 is 0 Å². The molecule has 0 fully saturated rings. The Morgan fingerprint density at radius 3 is 2.90 bits per heavy atom. The Hall–Kier alpha value is -1.88. The number of hydrogen-bond acceptors (Lipinski definition) is 3. The molecule has 0 aliphatic heterocycles. The van der Waals surface area contributed by atoms with Crippen LogP contribution in [0.2, 0.25) is 0 Å². The van der Waals surface area contributed by atoms with Crippen molar-refractivity contribution in [2.75, 3.05) is 6.61 Å². The normalized spacial score (nSPS) is 18.9. The molecule has 2 rings (SSSR count). The van der Waals surface area contributed by atoms with Gasteiger partial charge in [-0.25, -0.2) is 4.79 Å². The van der Waals surface area contributed by atoms with E-state index in [4.69, 9.17) is 9.84 Å². The molecular formula is C15H19NO4. The second kappa shape index (κ2) is 6.52. The molecule has 1 amide bonds. The molecule has 2 unspecified atom stereocenters. The first-order valence-corrected chi connectivity index (χ1v) is 6.77. The molecule has 0 heterocycles. The first-order chi connectivity index (χ1) is 9.58. The molecule has 0 spiro atoms. The van der Waals surface area contributed by atoms with E-state index in [1.165, 1.54) is 12.5 Å². The van der Waals surface area contributed by atoms with Gasteiger partial charge in [-0.3, -0.25) is 4.79 Å². The monoisotopic (exact) mass is 277 g/mol. The largest absolute Gasteiger partial charge is 0.480 e. The fourth-order valence-electron chi connectivity index (χ4n) is 2.51. The number of nitrogens with one attached hydrogen (secondary N) is 1. The van der Waals surface area contributed by atoms with Gasteiger partial charge in [0.15, 0.2) is 6.04 Å². The van der Waals surface area contributed by atoms with Gasteiger partial charge in [-0.15, -0.1) is 0 Å². The summed E-state index contributed by atoms with van der Waals surface area (Å²) in [6.07, 6.45) is 2.85. The highest BCUT2D eigenvalue weighted by Gasteiger charge is 2.24. The number of carboxylic acids is 1. The van der Waals surface area contributed by atoms with Crippen LogP contribution in [-0.4, -0.2) is 29.6 Å². The molecule has 0 saturated carbocycles. The van der Waals surface area contributed by atoms with Crippen molar-refractivity contribution in [1.82, 2.24) is 5.32 Å². The third-order valence-corrected chi connectivity index (χ3v) is 3.45. The number of carboxylic acid groups (broad SMARTS) is 1. The molecule has 0 saturated heterocycles. The Kier molecular flexibility index (Phi) is 4.74. The van der Waals surface area contributed by atoms with Crippen molar-refractivity contribution in [3.63, 3.8) is 0 Å². The predicted octanol–water partition coefficient (Wildman–Crippen LogP) is 1.67. The Balaban J connectivity index is 2.00. The summed E-state index contributed by atoms with van der Waals surface area (Å²) in [5.74, 6) is -1.45. The minimum Gasteiger partial charge on any atom is -0.480 e. The van der Waals surface area contributed by atoms with Crippen LogP contribution in [0.25, 0.3) is 0 Å². The van der Waals surface area contributed by atoms with Gasteiger partial charge in [0.2, 0.25) is 5.91 Å². The van der Waals surface area contributed by atoms with Gasteiger partial charge in [0, 0.05) is 6.92 Å². The standard InChI is InChI=1S/C15H19NO4/c1-10(17)16-13(15(18)19)9-20-14-8-4-6-11-5-2-3-7-12(11)14/h2-3,5,7,13-14H,4,6,8-9H2,1H3,(H,16,17)(H,18,19). The van der Waals surface area contributed by atoms with Crippen molar-refractivity contribution in [1.29, 1.82) is 0 Å². The zero-order chi connectivity index (χ0) is 14.5. The van der Waals surface area contributed by atoms with Crippen LogP contribution in [0.15, 0.2) is 24.3 Å². The first kappa shape index (κ1) is 14.5. The average Bonchev–Trinajstić information content (AvgIpc) is 2.42. The highest BCUT2D eigenvalue weighted by molar-refractivity contribution is 5.82. The van der Waals surface area contributed by atoms with Gasteiger partial charge in [0.25, 0.3) is 0 Å². The maximum Gasteiger partial charge on any atom is 0.328 e. The summed E-state index contributed by atoms with van der Waals surface area (Å²) in [5, 5.41) is 11.4. The van der Waals surface area contributed by atoms with Gasteiger partial charge in [0.05, 0.1) is 12.7 Å². The molecular weight excluding hydrogens is 258 g/mol. The third kappa shape index (κ3) is 3.57. The summed E-state index contributed by atoms with van der Waals surface area (Å²) >= 11 is 0. The highest BCUT2D eigenvalue weighted by atomic mass is 16.5. The van der Waals surface area contributed by atoms with Crippen molar-refractivity contribution in [3.05, 3.63) is 35.4 Å². The fourth-order valence-corrected chi connectivity index (χ4v) is 2.51. The van der Waals surface area contributed by atoms with Gasteiger partial charge >= 0.3 is 5.97 Å². The number of carbonyl (C=O) groups excluding carboxylic acids is 1. The Bertz CT molecular complexity index is 500. The van der Waals surface area contributed by atoms with Crippen molar-refractivity contribution in [3.8, 4) is 0 Å². The molecule has 5 nitrogen and oxygen atoms in total. The van der Waals surface area contributed by atoms with E-state index in [9.17, 15) is 9.59 Å². The zero-order valence-corrected chi connectivity index (χ0v) is 11.5. The molecule has 1 aromatic rings. The number of carbonyl (C=O) groups is 2. The number of ether oxygens (including phenoxy) is 1. The third-order valence-electron chi connectivity index (χ3n) is 3.45. The van der Waals surface area contributed by atoms with Gasteiger partial charge in [-0.2, -0.15) is 0 Å². The Morgan fingerprint density at radius 1 is 1.45 bits per heavy atom. The molecule has 20 heavy (non-hydrogen) atoms. The smallest absolute Gasteiger partial charge is 0.328 e. The second-order valence-electron chi connectivity index (χ2n) is 5.00. The van der Waals surface area contributed by atoms with Crippen LogP contribution in [0, 0.1) is 0 Å². The summed E-state index contributed by atoms with van der Waals surface area (Å²) in [4.78, 5) is 22.0. The van der Waals surface area contributed by atoms with Crippen molar-refractivity contribution in [2.45, 2.75) is 38.3 Å². The maximum absolute atomic E-state index is 11.1. The number of aryl methyl sites for hydroxylation is 1. The minimum absolute atomic E-state index is 0.0199. The fraction of sp³-hybridized carbons (Fsp3) is 0.467. The number of fused-ring (bicyclic) bond motifs is 1. The van der Waals surface area contributed by atoms with E-state index in [1.54, 1.807) is 0 Å². The van der Waals surface area contributed by atoms with Gasteiger partial charge < -0.3 is 15.2 Å². The molecule has 0 aromatic heterocycles. The van der Waals surface area contributed by atoms with E-state index in [0.717, 1.165) is 24.8 Å².